The summed E-state index contributed by atoms with van der Waals surface area (Å²) in [5, 5.41) is 18.4. The van der Waals surface area contributed by atoms with E-state index in [9.17, 15) is 9.90 Å². The standard InChI is InChI=1S/C12H17NO3/c1-8(14)10(11(13)12(15)16)7-9-5-3-2-4-6-9/h2-6,8,10-11,14H,7,13H2,1H3,(H,15,16)/t8-,10-,11-/m0/s1. The van der Waals surface area contributed by atoms with Gasteiger partial charge < -0.3 is 15.9 Å². The summed E-state index contributed by atoms with van der Waals surface area (Å²) in [4.78, 5) is 10.8. The summed E-state index contributed by atoms with van der Waals surface area (Å²) in [6.07, 6.45) is -0.280. The van der Waals surface area contributed by atoms with Gasteiger partial charge in [0, 0.05) is 5.92 Å². The van der Waals surface area contributed by atoms with Crippen LogP contribution >= 0.6 is 0 Å². The van der Waals surface area contributed by atoms with Crippen LogP contribution in [0.3, 0.4) is 0 Å². The summed E-state index contributed by atoms with van der Waals surface area (Å²) < 4.78 is 0. The Kier molecular flexibility index (Phi) is 4.46. The molecule has 0 spiro atoms. The summed E-state index contributed by atoms with van der Waals surface area (Å²) in [5.74, 6) is -1.55. The van der Waals surface area contributed by atoms with Crippen molar-refractivity contribution in [3.63, 3.8) is 0 Å². The summed E-state index contributed by atoms with van der Waals surface area (Å²) in [5.41, 5.74) is 6.53. The van der Waals surface area contributed by atoms with Crippen molar-refractivity contribution in [1.82, 2.24) is 0 Å². The zero-order valence-corrected chi connectivity index (χ0v) is 9.21. The molecule has 0 saturated carbocycles. The fraction of sp³-hybridized carbons (Fsp3) is 0.417. The Hall–Kier alpha value is -1.39. The van der Waals surface area contributed by atoms with Crippen molar-refractivity contribution in [2.24, 2.45) is 11.7 Å². The van der Waals surface area contributed by atoms with Gasteiger partial charge in [0.15, 0.2) is 0 Å². The van der Waals surface area contributed by atoms with Gasteiger partial charge in [-0.1, -0.05) is 30.3 Å². The maximum atomic E-state index is 10.8. The monoisotopic (exact) mass is 223 g/mol. The van der Waals surface area contributed by atoms with Crippen LogP contribution in [0.2, 0.25) is 0 Å². The molecule has 1 rings (SSSR count). The average Bonchev–Trinajstić information content (AvgIpc) is 2.26. The van der Waals surface area contributed by atoms with Gasteiger partial charge in [0.05, 0.1) is 6.10 Å². The summed E-state index contributed by atoms with van der Waals surface area (Å²) in [6.45, 7) is 1.57. The Morgan fingerprint density at radius 1 is 1.38 bits per heavy atom. The first kappa shape index (κ1) is 12.7. The third-order valence-corrected chi connectivity index (χ3v) is 2.68. The van der Waals surface area contributed by atoms with Crippen molar-refractivity contribution in [1.29, 1.82) is 0 Å². The third kappa shape index (κ3) is 3.32. The molecule has 0 aliphatic heterocycles. The third-order valence-electron chi connectivity index (χ3n) is 2.68. The molecule has 1 aromatic rings. The molecule has 0 aliphatic rings. The topological polar surface area (TPSA) is 83.5 Å². The molecule has 4 N–H and O–H groups in total. The Bertz CT molecular complexity index is 337. The predicted molar refractivity (Wildman–Crippen MR) is 60.9 cm³/mol. The molecule has 0 saturated heterocycles. The number of aliphatic hydroxyl groups excluding tert-OH is 1. The van der Waals surface area contributed by atoms with Gasteiger partial charge in [-0.3, -0.25) is 4.79 Å². The molecule has 4 heteroatoms. The highest BCUT2D eigenvalue weighted by atomic mass is 16.4. The van der Waals surface area contributed by atoms with Crippen LogP contribution in [0.4, 0.5) is 0 Å². The van der Waals surface area contributed by atoms with E-state index in [0.717, 1.165) is 5.56 Å². The van der Waals surface area contributed by atoms with Crippen LogP contribution in [0.25, 0.3) is 0 Å². The van der Waals surface area contributed by atoms with E-state index in [1.807, 2.05) is 30.3 Å². The molecule has 0 bridgehead atoms. The number of hydrogen-bond donors (Lipinski definition) is 3. The molecular weight excluding hydrogens is 206 g/mol. The number of hydrogen-bond acceptors (Lipinski definition) is 3. The van der Waals surface area contributed by atoms with E-state index in [0.29, 0.717) is 6.42 Å². The molecule has 1 aromatic carbocycles. The molecule has 0 heterocycles. The van der Waals surface area contributed by atoms with Crippen molar-refractivity contribution in [3.05, 3.63) is 35.9 Å². The minimum absolute atomic E-state index is 0.464. The molecule has 0 unspecified atom stereocenters. The zero-order valence-electron chi connectivity index (χ0n) is 9.21. The minimum atomic E-state index is -1.08. The first-order valence-corrected chi connectivity index (χ1v) is 5.22. The SMILES string of the molecule is C[C@H](O)[C@H](Cc1ccccc1)[C@H](N)C(=O)O. The van der Waals surface area contributed by atoms with Crippen LogP contribution in [0.5, 0.6) is 0 Å². The number of aliphatic carboxylic acids is 1. The van der Waals surface area contributed by atoms with Crippen LogP contribution in [0, 0.1) is 5.92 Å². The van der Waals surface area contributed by atoms with Crippen molar-refractivity contribution in [3.8, 4) is 0 Å². The van der Waals surface area contributed by atoms with Gasteiger partial charge in [-0.05, 0) is 18.9 Å². The van der Waals surface area contributed by atoms with Gasteiger partial charge in [-0.15, -0.1) is 0 Å². The molecular formula is C12H17NO3. The molecule has 88 valence electrons. The number of aliphatic hydroxyl groups is 1. The zero-order chi connectivity index (χ0) is 12.1. The van der Waals surface area contributed by atoms with Gasteiger partial charge in [0.25, 0.3) is 0 Å². The lowest BCUT2D eigenvalue weighted by molar-refractivity contribution is -0.141. The predicted octanol–water partition coefficient (Wildman–Crippen LogP) is 0.638. The average molecular weight is 223 g/mol. The summed E-state index contributed by atoms with van der Waals surface area (Å²) in [7, 11) is 0. The van der Waals surface area contributed by atoms with Crippen LogP contribution in [0.15, 0.2) is 30.3 Å². The summed E-state index contributed by atoms with van der Waals surface area (Å²) in [6, 6.07) is 8.38. The Balaban J connectivity index is 2.77. The molecule has 0 amide bonds. The highest BCUT2D eigenvalue weighted by Crippen LogP contribution is 2.15. The first-order chi connectivity index (χ1) is 7.52. The van der Waals surface area contributed by atoms with Gasteiger partial charge in [-0.25, -0.2) is 0 Å². The smallest absolute Gasteiger partial charge is 0.320 e. The number of carboxylic acid groups (broad SMARTS) is 1. The van der Waals surface area contributed by atoms with E-state index >= 15 is 0 Å². The molecule has 0 radical (unpaired) electrons. The molecule has 3 atom stereocenters. The lowest BCUT2D eigenvalue weighted by Gasteiger charge is -2.23. The fourth-order valence-electron chi connectivity index (χ4n) is 1.67. The number of benzene rings is 1. The normalized spacial score (nSPS) is 16.4. The van der Waals surface area contributed by atoms with E-state index < -0.39 is 24.0 Å². The quantitative estimate of drug-likeness (QED) is 0.684. The van der Waals surface area contributed by atoms with Crippen LogP contribution in [-0.4, -0.2) is 28.3 Å². The number of carbonyl (C=O) groups is 1. The molecule has 0 aliphatic carbocycles. The number of rotatable bonds is 5. The summed E-state index contributed by atoms with van der Waals surface area (Å²) >= 11 is 0. The number of nitrogens with two attached hydrogens (primary N) is 1. The van der Waals surface area contributed by atoms with E-state index in [4.69, 9.17) is 10.8 Å². The van der Waals surface area contributed by atoms with Crippen LogP contribution in [-0.2, 0) is 11.2 Å². The van der Waals surface area contributed by atoms with Gasteiger partial charge in [0.2, 0.25) is 0 Å². The molecule has 16 heavy (non-hydrogen) atoms. The van der Waals surface area contributed by atoms with Crippen molar-refractivity contribution < 1.29 is 15.0 Å². The van der Waals surface area contributed by atoms with E-state index in [-0.39, 0.29) is 0 Å². The fourth-order valence-corrected chi connectivity index (χ4v) is 1.67. The van der Waals surface area contributed by atoms with E-state index in [1.54, 1.807) is 6.92 Å². The maximum absolute atomic E-state index is 10.8. The first-order valence-electron chi connectivity index (χ1n) is 5.22. The molecule has 0 fully saturated rings. The van der Waals surface area contributed by atoms with Crippen LogP contribution in [0.1, 0.15) is 12.5 Å². The Morgan fingerprint density at radius 2 is 1.94 bits per heavy atom. The maximum Gasteiger partial charge on any atom is 0.320 e. The van der Waals surface area contributed by atoms with Gasteiger partial charge in [0.1, 0.15) is 6.04 Å². The van der Waals surface area contributed by atoms with E-state index in [2.05, 4.69) is 0 Å². The van der Waals surface area contributed by atoms with Crippen LogP contribution < -0.4 is 5.73 Å². The second-order valence-corrected chi connectivity index (χ2v) is 3.96. The highest BCUT2D eigenvalue weighted by Gasteiger charge is 2.28. The second-order valence-electron chi connectivity index (χ2n) is 3.96. The lowest BCUT2D eigenvalue weighted by atomic mass is 9.88. The van der Waals surface area contributed by atoms with Crippen molar-refractivity contribution >= 4 is 5.97 Å². The Morgan fingerprint density at radius 3 is 2.38 bits per heavy atom. The minimum Gasteiger partial charge on any atom is -0.480 e. The van der Waals surface area contributed by atoms with Gasteiger partial charge >= 0.3 is 5.97 Å². The van der Waals surface area contributed by atoms with Gasteiger partial charge in [-0.2, -0.15) is 0 Å². The lowest BCUT2D eigenvalue weighted by Crippen LogP contribution is -2.44. The number of carboxylic acids is 1. The Labute approximate surface area is 94.7 Å². The molecule has 4 nitrogen and oxygen atoms in total. The largest absolute Gasteiger partial charge is 0.480 e. The second kappa shape index (κ2) is 5.63. The molecule has 0 aromatic heterocycles. The highest BCUT2D eigenvalue weighted by molar-refractivity contribution is 5.73. The van der Waals surface area contributed by atoms with Crippen molar-refractivity contribution in [2.45, 2.75) is 25.5 Å². The van der Waals surface area contributed by atoms with Crippen molar-refractivity contribution in [2.75, 3.05) is 0 Å². The van der Waals surface area contributed by atoms with E-state index in [1.165, 1.54) is 0 Å².